The first-order valence-electron chi connectivity index (χ1n) is 6.63. The molecule has 3 heteroatoms. The Morgan fingerprint density at radius 2 is 1.89 bits per heavy atom. The van der Waals surface area contributed by atoms with Crippen LogP contribution in [0.2, 0.25) is 0 Å². The van der Waals surface area contributed by atoms with Crippen molar-refractivity contribution < 1.29 is 4.74 Å². The summed E-state index contributed by atoms with van der Waals surface area (Å²) >= 11 is 0. The van der Waals surface area contributed by atoms with Gasteiger partial charge >= 0.3 is 0 Å². The Morgan fingerprint density at radius 3 is 2.44 bits per heavy atom. The molecule has 0 aromatic heterocycles. The molecule has 1 unspecified atom stereocenters. The molecule has 18 heavy (non-hydrogen) atoms. The van der Waals surface area contributed by atoms with Crippen LogP contribution >= 0.6 is 0 Å². The molecule has 1 aromatic rings. The number of benzene rings is 1. The molecule has 0 aliphatic heterocycles. The molecule has 1 aromatic carbocycles. The van der Waals surface area contributed by atoms with E-state index in [1.54, 1.807) is 7.11 Å². The molecular weight excluding hydrogens is 224 g/mol. The summed E-state index contributed by atoms with van der Waals surface area (Å²) in [5.41, 5.74) is 1.24. The number of hydrogen-bond donors (Lipinski definition) is 1. The van der Waals surface area contributed by atoms with Crippen molar-refractivity contribution in [1.82, 2.24) is 10.2 Å². The van der Waals surface area contributed by atoms with Gasteiger partial charge in [0.1, 0.15) is 0 Å². The lowest BCUT2D eigenvalue weighted by atomic mass is 10.1. The van der Waals surface area contributed by atoms with Crippen LogP contribution in [-0.4, -0.2) is 44.7 Å². The van der Waals surface area contributed by atoms with Gasteiger partial charge in [0.2, 0.25) is 0 Å². The largest absolute Gasteiger partial charge is 0.375 e. The van der Waals surface area contributed by atoms with Crippen LogP contribution in [0.3, 0.4) is 0 Å². The van der Waals surface area contributed by atoms with Crippen LogP contribution < -0.4 is 5.32 Å². The highest BCUT2D eigenvalue weighted by Crippen LogP contribution is 2.16. The maximum atomic E-state index is 5.57. The Balaban J connectivity index is 2.39. The fourth-order valence-corrected chi connectivity index (χ4v) is 1.90. The quantitative estimate of drug-likeness (QED) is 0.766. The highest BCUT2D eigenvalue weighted by Gasteiger charge is 2.12. The van der Waals surface area contributed by atoms with Crippen molar-refractivity contribution in [2.24, 2.45) is 0 Å². The minimum Gasteiger partial charge on any atom is -0.375 e. The van der Waals surface area contributed by atoms with E-state index in [0.29, 0.717) is 6.04 Å². The van der Waals surface area contributed by atoms with Crippen LogP contribution in [0.4, 0.5) is 0 Å². The maximum absolute atomic E-state index is 5.57. The van der Waals surface area contributed by atoms with Crippen molar-refractivity contribution in [3.05, 3.63) is 35.9 Å². The van der Waals surface area contributed by atoms with Crippen LogP contribution in [0.15, 0.2) is 30.3 Å². The molecule has 3 nitrogen and oxygen atoms in total. The smallest absolute Gasteiger partial charge is 0.0947 e. The second-order valence-electron chi connectivity index (χ2n) is 5.01. The molecule has 0 spiro atoms. The molecule has 0 amide bonds. The van der Waals surface area contributed by atoms with Gasteiger partial charge in [0.05, 0.1) is 6.10 Å². The Morgan fingerprint density at radius 1 is 1.22 bits per heavy atom. The zero-order chi connectivity index (χ0) is 13.4. The third kappa shape index (κ3) is 5.63. The molecule has 1 N–H and O–H groups in total. The second-order valence-corrected chi connectivity index (χ2v) is 5.01. The van der Waals surface area contributed by atoms with Gasteiger partial charge in [-0.15, -0.1) is 0 Å². The van der Waals surface area contributed by atoms with Crippen LogP contribution in [0, 0.1) is 0 Å². The molecule has 1 rings (SSSR count). The fraction of sp³-hybridized carbons (Fsp3) is 0.600. The van der Waals surface area contributed by atoms with Gasteiger partial charge in [0.15, 0.2) is 0 Å². The van der Waals surface area contributed by atoms with Gasteiger partial charge < -0.3 is 15.0 Å². The first-order valence-corrected chi connectivity index (χ1v) is 6.63. The summed E-state index contributed by atoms with van der Waals surface area (Å²) in [7, 11) is 3.91. The van der Waals surface area contributed by atoms with Gasteiger partial charge in [0, 0.05) is 32.8 Å². The maximum Gasteiger partial charge on any atom is 0.0947 e. The second kappa shape index (κ2) is 8.25. The Kier molecular flexibility index (Phi) is 6.94. The number of hydrogen-bond acceptors (Lipinski definition) is 3. The van der Waals surface area contributed by atoms with E-state index in [2.05, 4.69) is 55.4 Å². The number of methoxy groups -OCH3 is 1. The van der Waals surface area contributed by atoms with Crippen molar-refractivity contribution in [3.8, 4) is 0 Å². The molecule has 0 aliphatic rings. The Labute approximate surface area is 111 Å². The summed E-state index contributed by atoms with van der Waals surface area (Å²) in [6.45, 7) is 7.30. The molecule has 1 atom stereocenters. The Bertz CT molecular complexity index is 314. The van der Waals surface area contributed by atoms with E-state index in [4.69, 9.17) is 4.74 Å². The molecular formula is C15H26N2O. The van der Waals surface area contributed by atoms with E-state index >= 15 is 0 Å². The SMILES string of the molecule is COC(CN(C)CCNC(C)C)c1ccccc1. The van der Waals surface area contributed by atoms with Crippen LogP contribution in [-0.2, 0) is 4.74 Å². The summed E-state index contributed by atoms with van der Waals surface area (Å²) in [6, 6.07) is 10.9. The Hall–Kier alpha value is -0.900. The predicted octanol–water partition coefficient (Wildman–Crippen LogP) is 2.30. The van der Waals surface area contributed by atoms with Crippen molar-refractivity contribution in [2.45, 2.75) is 26.0 Å². The van der Waals surface area contributed by atoms with E-state index in [1.807, 2.05) is 6.07 Å². The normalized spacial score (nSPS) is 13.2. The standard InChI is InChI=1S/C15H26N2O/c1-13(2)16-10-11-17(3)12-15(18-4)14-8-6-5-7-9-14/h5-9,13,15-16H,10-12H2,1-4H3. The van der Waals surface area contributed by atoms with Gasteiger partial charge in [-0.3, -0.25) is 0 Å². The minimum atomic E-state index is 0.148. The molecule has 0 fully saturated rings. The van der Waals surface area contributed by atoms with Crippen molar-refractivity contribution >= 4 is 0 Å². The number of nitrogens with one attached hydrogen (secondary N) is 1. The first kappa shape index (κ1) is 15.2. The fourth-order valence-electron chi connectivity index (χ4n) is 1.90. The highest BCUT2D eigenvalue weighted by atomic mass is 16.5. The summed E-state index contributed by atoms with van der Waals surface area (Å²) in [5, 5.41) is 3.42. The van der Waals surface area contributed by atoms with Crippen molar-refractivity contribution in [3.63, 3.8) is 0 Å². The molecule has 0 aliphatic carbocycles. The van der Waals surface area contributed by atoms with Crippen LogP contribution in [0.5, 0.6) is 0 Å². The average Bonchev–Trinajstić information content (AvgIpc) is 2.36. The highest BCUT2D eigenvalue weighted by molar-refractivity contribution is 5.17. The van der Waals surface area contributed by atoms with E-state index in [-0.39, 0.29) is 6.10 Å². The van der Waals surface area contributed by atoms with Gasteiger partial charge in [-0.05, 0) is 12.6 Å². The summed E-state index contributed by atoms with van der Waals surface area (Å²) in [4.78, 5) is 2.30. The minimum absolute atomic E-state index is 0.148. The molecule has 0 heterocycles. The van der Waals surface area contributed by atoms with E-state index in [9.17, 15) is 0 Å². The van der Waals surface area contributed by atoms with Crippen LogP contribution in [0.25, 0.3) is 0 Å². The van der Waals surface area contributed by atoms with Gasteiger partial charge in [0.25, 0.3) is 0 Å². The topological polar surface area (TPSA) is 24.5 Å². The van der Waals surface area contributed by atoms with Gasteiger partial charge in [-0.25, -0.2) is 0 Å². The van der Waals surface area contributed by atoms with Crippen LogP contribution in [0.1, 0.15) is 25.5 Å². The zero-order valence-corrected chi connectivity index (χ0v) is 12.0. The predicted molar refractivity (Wildman–Crippen MR) is 76.8 cm³/mol. The first-order chi connectivity index (χ1) is 8.63. The molecule has 0 radical (unpaired) electrons. The third-order valence-corrected chi connectivity index (χ3v) is 2.98. The van der Waals surface area contributed by atoms with E-state index in [0.717, 1.165) is 19.6 Å². The lowest BCUT2D eigenvalue weighted by molar-refractivity contribution is 0.0717. The summed E-state index contributed by atoms with van der Waals surface area (Å²) in [5.74, 6) is 0. The van der Waals surface area contributed by atoms with Crippen molar-refractivity contribution in [2.75, 3.05) is 33.8 Å². The number of likely N-dealkylation sites (N-methyl/N-ethyl adjacent to an activating group) is 1. The molecule has 0 saturated heterocycles. The van der Waals surface area contributed by atoms with E-state index < -0.39 is 0 Å². The summed E-state index contributed by atoms with van der Waals surface area (Å²) in [6.07, 6.45) is 0.148. The van der Waals surface area contributed by atoms with Gasteiger partial charge in [-0.2, -0.15) is 0 Å². The average molecular weight is 250 g/mol. The number of rotatable bonds is 8. The lowest BCUT2D eigenvalue weighted by Crippen LogP contribution is -2.35. The molecule has 0 saturated carbocycles. The third-order valence-electron chi connectivity index (χ3n) is 2.98. The summed E-state index contributed by atoms with van der Waals surface area (Å²) < 4.78 is 5.57. The monoisotopic (exact) mass is 250 g/mol. The lowest BCUT2D eigenvalue weighted by Gasteiger charge is -2.24. The molecule has 102 valence electrons. The number of ether oxygens (including phenoxy) is 1. The zero-order valence-electron chi connectivity index (χ0n) is 12.0. The van der Waals surface area contributed by atoms with Crippen molar-refractivity contribution in [1.29, 1.82) is 0 Å². The van der Waals surface area contributed by atoms with E-state index in [1.165, 1.54) is 5.56 Å². The molecule has 0 bridgehead atoms. The number of nitrogens with zero attached hydrogens (tertiary/aromatic N) is 1. The van der Waals surface area contributed by atoms with Gasteiger partial charge in [-0.1, -0.05) is 44.2 Å².